The lowest BCUT2D eigenvalue weighted by atomic mass is 10.0. The molecule has 14 heavy (non-hydrogen) atoms. The molecule has 0 amide bonds. The van der Waals surface area contributed by atoms with E-state index in [9.17, 15) is 9.90 Å². The number of methoxy groups -OCH3 is 1. The first-order chi connectivity index (χ1) is 6.67. The zero-order chi connectivity index (χ0) is 10.6. The summed E-state index contributed by atoms with van der Waals surface area (Å²) in [5.74, 6) is 0.555. The van der Waals surface area contributed by atoms with Gasteiger partial charge in [-0.15, -0.1) is 0 Å². The summed E-state index contributed by atoms with van der Waals surface area (Å²) in [4.78, 5) is 10.4. The van der Waals surface area contributed by atoms with Crippen molar-refractivity contribution in [1.82, 2.24) is 0 Å². The summed E-state index contributed by atoms with van der Waals surface area (Å²) in [6.07, 6.45) is 1.58. The van der Waals surface area contributed by atoms with E-state index in [2.05, 4.69) is 0 Å². The lowest BCUT2D eigenvalue weighted by Gasteiger charge is -2.07. The van der Waals surface area contributed by atoms with Gasteiger partial charge in [0.25, 0.3) is 0 Å². The van der Waals surface area contributed by atoms with Crippen LogP contribution in [0.25, 0.3) is 0 Å². The van der Waals surface area contributed by atoms with Crippen LogP contribution in [0.2, 0.25) is 0 Å². The van der Waals surface area contributed by atoms with Gasteiger partial charge in [0.15, 0.2) is 11.5 Å². The lowest BCUT2D eigenvalue weighted by Crippen LogP contribution is -2.00. The third kappa shape index (κ3) is 2.49. The molecule has 0 aliphatic heterocycles. The normalized spacial score (nSPS) is 12.1. The average molecular weight is 194 g/mol. The Labute approximate surface area is 83.3 Å². The number of hydrogen-bond donors (Lipinski definition) is 1. The molecule has 0 spiro atoms. The van der Waals surface area contributed by atoms with Crippen LogP contribution in [0.4, 0.5) is 0 Å². The van der Waals surface area contributed by atoms with Gasteiger partial charge in [0, 0.05) is 5.92 Å². The number of phenols is 1. The smallest absolute Gasteiger partial charge is 0.160 e. The van der Waals surface area contributed by atoms with Gasteiger partial charge in [-0.25, -0.2) is 0 Å². The minimum Gasteiger partial charge on any atom is -0.504 e. The fourth-order valence-electron chi connectivity index (χ4n) is 1.27. The maximum atomic E-state index is 10.4. The van der Waals surface area contributed by atoms with Crippen molar-refractivity contribution in [3.8, 4) is 11.5 Å². The number of hydrogen-bond acceptors (Lipinski definition) is 3. The molecular formula is C11H14O3. The molecule has 1 aromatic carbocycles. The topological polar surface area (TPSA) is 46.5 Å². The van der Waals surface area contributed by atoms with Crippen LogP contribution < -0.4 is 4.74 Å². The monoisotopic (exact) mass is 194 g/mol. The molecule has 1 atom stereocenters. The van der Waals surface area contributed by atoms with E-state index in [1.54, 1.807) is 18.2 Å². The highest BCUT2D eigenvalue weighted by Crippen LogP contribution is 2.26. The van der Waals surface area contributed by atoms with Crippen LogP contribution in [0.15, 0.2) is 18.2 Å². The van der Waals surface area contributed by atoms with Gasteiger partial charge >= 0.3 is 0 Å². The molecule has 0 saturated carbocycles. The summed E-state index contributed by atoms with van der Waals surface area (Å²) in [5.41, 5.74) is 0.985. The predicted octanol–water partition coefficient (Wildman–Crippen LogP) is 1.78. The molecule has 0 saturated heterocycles. The van der Waals surface area contributed by atoms with E-state index in [1.807, 2.05) is 6.92 Å². The second-order valence-electron chi connectivity index (χ2n) is 3.32. The second-order valence-corrected chi connectivity index (χ2v) is 3.32. The number of ether oxygens (including phenoxy) is 1. The number of carbonyl (C=O) groups is 1. The fraction of sp³-hybridized carbons (Fsp3) is 0.364. The molecule has 1 N–H and O–H groups in total. The molecule has 1 rings (SSSR count). The van der Waals surface area contributed by atoms with Gasteiger partial charge in [0.1, 0.15) is 6.29 Å². The summed E-state index contributed by atoms with van der Waals surface area (Å²) in [7, 11) is 1.50. The highest BCUT2D eigenvalue weighted by molar-refractivity contribution is 5.54. The predicted molar refractivity (Wildman–Crippen MR) is 53.6 cm³/mol. The lowest BCUT2D eigenvalue weighted by molar-refractivity contribution is -0.110. The molecule has 0 radical (unpaired) electrons. The molecule has 0 aromatic heterocycles. The number of benzene rings is 1. The minimum atomic E-state index is -0.00995. The summed E-state index contributed by atoms with van der Waals surface area (Å²) < 4.78 is 4.96. The molecule has 3 nitrogen and oxygen atoms in total. The van der Waals surface area contributed by atoms with Crippen LogP contribution in [-0.2, 0) is 11.2 Å². The summed E-state index contributed by atoms with van der Waals surface area (Å²) in [6, 6.07) is 5.11. The van der Waals surface area contributed by atoms with E-state index in [1.165, 1.54) is 7.11 Å². The van der Waals surface area contributed by atoms with Crippen LogP contribution in [-0.4, -0.2) is 18.5 Å². The Morgan fingerprint density at radius 2 is 2.29 bits per heavy atom. The van der Waals surface area contributed by atoms with Crippen molar-refractivity contribution >= 4 is 6.29 Å². The number of rotatable bonds is 4. The average Bonchev–Trinajstić information content (AvgIpc) is 2.20. The molecule has 0 fully saturated rings. The Kier molecular flexibility index (Phi) is 3.51. The number of aromatic hydroxyl groups is 1. The van der Waals surface area contributed by atoms with E-state index in [4.69, 9.17) is 4.74 Å². The van der Waals surface area contributed by atoms with Gasteiger partial charge in [0.05, 0.1) is 7.11 Å². The first kappa shape index (κ1) is 10.6. The van der Waals surface area contributed by atoms with Crippen molar-refractivity contribution in [2.75, 3.05) is 7.11 Å². The van der Waals surface area contributed by atoms with Crippen LogP contribution in [0.5, 0.6) is 11.5 Å². The molecule has 76 valence electrons. The van der Waals surface area contributed by atoms with Gasteiger partial charge in [-0.3, -0.25) is 0 Å². The first-order valence-electron chi connectivity index (χ1n) is 4.48. The van der Waals surface area contributed by atoms with E-state index < -0.39 is 0 Å². The van der Waals surface area contributed by atoms with Crippen molar-refractivity contribution in [2.45, 2.75) is 13.3 Å². The number of aldehydes is 1. The van der Waals surface area contributed by atoms with Crippen LogP contribution in [0.3, 0.4) is 0 Å². The molecule has 1 aromatic rings. The van der Waals surface area contributed by atoms with Crippen molar-refractivity contribution in [2.24, 2.45) is 5.92 Å². The highest BCUT2D eigenvalue weighted by atomic mass is 16.5. The van der Waals surface area contributed by atoms with E-state index >= 15 is 0 Å². The van der Waals surface area contributed by atoms with Crippen LogP contribution in [0, 0.1) is 5.92 Å². The molecule has 0 heterocycles. The van der Waals surface area contributed by atoms with Gasteiger partial charge < -0.3 is 14.6 Å². The standard InChI is InChI=1S/C11H14O3/c1-8(7-12)5-9-3-4-10(13)11(6-9)14-2/h3-4,6-8,13H,5H2,1-2H3/t8-/m1/s1. The molecule has 0 aliphatic carbocycles. The SMILES string of the molecule is COc1cc(C[C@@H](C)C=O)ccc1O. The number of phenolic OH excluding ortho intramolecular Hbond substituents is 1. The summed E-state index contributed by atoms with van der Waals surface area (Å²) in [6.45, 7) is 1.85. The Balaban J connectivity index is 2.84. The van der Waals surface area contributed by atoms with Crippen LogP contribution in [0.1, 0.15) is 12.5 Å². The molecule has 0 bridgehead atoms. The quantitative estimate of drug-likeness (QED) is 0.743. The maximum Gasteiger partial charge on any atom is 0.160 e. The number of carbonyl (C=O) groups excluding carboxylic acids is 1. The third-order valence-corrected chi connectivity index (χ3v) is 2.03. The Bertz CT molecular complexity index is 320. The Morgan fingerprint density at radius 3 is 2.86 bits per heavy atom. The third-order valence-electron chi connectivity index (χ3n) is 2.03. The second kappa shape index (κ2) is 4.65. The van der Waals surface area contributed by atoms with Crippen LogP contribution >= 0.6 is 0 Å². The van der Waals surface area contributed by atoms with Gasteiger partial charge in [-0.05, 0) is 24.1 Å². The van der Waals surface area contributed by atoms with Gasteiger partial charge in [0.2, 0.25) is 0 Å². The Morgan fingerprint density at radius 1 is 1.57 bits per heavy atom. The van der Waals surface area contributed by atoms with Crippen molar-refractivity contribution in [3.05, 3.63) is 23.8 Å². The highest BCUT2D eigenvalue weighted by Gasteiger charge is 2.05. The minimum absolute atomic E-state index is 0.00995. The molecule has 0 aliphatic rings. The summed E-state index contributed by atoms with van der Waals surface area (Å²) >= 11 is 0. The molecule has 3 heteroatoms. The van der Waals surface area contributed by atoms with E-state index in [0.717, 1.165) is 11.8 Å². The van der Waals surface area contributed by atoms with Crippen molar-refractivity contribution < 1.29 is 14.6 Å². The van der Waals surface area contributed by atoms with Gasteiger partial charge in [-0.1, -0.05) is 13.0 Å². The van der Waals surface area contributed by atoms with E-state index in [0.29, 0.717) is 12.2 Å². The van der Waals surface area contributed by atoms with Crippen molar-refractivity contribution in [1.29, 1.82) is 0 Å². The largest absolute Gasteiger partial charge is 0.504 e. The summed E-state index contributed by atoms with van der Waals surface area (Å²) in [5, 5.41) is 9.33. The zero-order valence-electron chi connectivity index (χ0n) is 8.36. The van der Waals surface area contributed by atoms with E-state index in [-0.39, 0.29) is 11.7 Å². The molecular weight excluding hydrogens is 180 g/mol. The van der Waals surface area contributed by atoms with Gasteiger partial charge in [-0.2, -0.15) is 0 Å². The van der Waals surface area contributed by atoms with Crippen molar-refractivity contribution in [3.63, 3.8) is 0 Å². The molecule has 0 unspecified atom stereocenters. The first-order valence-corrected chi connectivity index (χ1v) is 4.48. The fourth-order valence-corrected chi connectivity index (χ4v) is 1.27. The Hall–Kier alpha value is -1.51. The zero-order valence-corrected chi connectivity index (χ0v) is 8.36. The maximum absolute atomic E-state index is 10.4.